The maximum atomic E-state index is 5.99. The average Bonchev–Trinajstić information content (AvgIpc) is 2.64. The summed E-state index contributed by atoms with van der Waals surface area (Å²) >= 11 is 0. The van der Waals surface area contributed by atoms with Crippen LogP contribution in [0.5, 0.6) is 5.75 Å². The van der Waals surface area contributed by atoms with Gasteiger partial charge in [-0.1, -0.05) is 88.6 Å². The van der Waals surface area contributed by atoms with E-state index < -0.39 is 0 Å². The van der Waals surface area contributed by atoms with E-state index in [-0.39, 0.29) is 0 Å². The van der Waals surface area contributed by atoms with Crippen molar-refractivity contribution in [3.63, 3.8) is 0 Å². The van der Waals surface area contributed by atoms with Gasteiger partial charge in [0.1, 0.15) is 11.4 Å². The molecule has 1 aromatic heterocycles. The summed E-state index contributed by atoms with van der Waals surface area (Å²) in [5.41, 5.74) is 2.05. The summed E-state index contributed by atoms with van der Waals surface area (Å²) in [5, 5.41) is 0. The maximum absolute atomic E-state index is 5.99. The van der Waals surface area contributed by atoms with Gasteiger partial charge in [-0.25, -0.2) is 0 Å². The first-order valence-electron chi connectivity index (χ1n) is 9.55. The Labute approximate surface area is 147 Å². The molecule has 130 valence electrons. The first-order chi connectivity index (χ1) is 11.9. The van der Waals surface area contributed by atoms with Crippen molar-refractivity contribution < 1.29 is 4.74 Å². The monoisotopic (exact) mass is 325 g/mol. The van der Waals surface area contributed by atoms with Crippen molar-refractivity contribution in [3.05, 3.63) is 48.7 Å². The lowest BCUT2D eigenvalue weighted by atomic mass is 10.1. The van der Waals surface area contributed by atoms with Gasteiger partial charge < -0.3 is 4.74 Å². The third kappa shape index (κ3) is 6.74. The molecule has 0 spiro atoms. The molecule has 2 aromatic rings. The molecule has 1 aromatic carbocycles. The second-order valence-electron chi connectivity index (χ2n) is 6.39. The Morgan fingerprint density at radius 2 is 1.42 bits per heavy atom. The largest absolute Gasteiger partial charge is 0.491 e. The Hall–Kier alpha value is -1.83. The number of aromatic nitrogens is 1. The molecule has 0 aliphatic heterocycles. The van der Waals surface area contributed by atoms with Crippen LogP contribution in [-0.2, 0) is 0 Å². The van der Waals surface area contributed by atoms with Gasteiger partial charge in [0.05, 0.1) is 6.61 Å². The van der Waals surface area contributed by atoms with Crippen LogP contribution in [0.1, 0.15) is 64.7 Å². The summed E-state index contributed by atoms with van der Waals surface area (Å²) < 4.78 is 5.99. The van der Waals surface area contributed by atoms with Crippen LogP contribution in [0.15, 0.2) is 48.7 Å². The molecule has 0 amide bonds. The quantitative estimate of drug-likeness (QED) is 0.407. The Morgan fingerprint density at radius 3 is 2.12 bits per heavy atom. The highest BCUT2D eigenvalue weighted by atomic mass is 16.5. The number of rotatable bonds is 12. The number of benzene rings is 1. The van der Waals surface area contributed by atoms with Crippen LogP contribution in [0.3, 0.4) is 0 Å². The van der Waals surface area contributed by atoms with E-state index in [4.69, 9.17) is 4.74 Å². The van der Waals surface area contributed by atoms with E-state index in [1.807, 2.05) is 36.5 Å². The van der Waals surface area contributed by atoms with Gasteiger partial charge in [0.15, 0.2) is 0 Å². The van der Waals surface area contributed by atoms with Gasteiger partial charge >= 0.3 is 0 Å². The van der Waals surface area contributed by atoms with E-state index in [1.165, 1.54) is 51.4 Å². The zero-order chi connectivity index (χ0) is 16.9. The van der Waals surface area contributed by atoms with E-state index >= 15 is 0 Å². The zero-order valence-corrected chi connectivity index (χ0v) is 15.0. The standard InChI is InChI=1S/C22H31NO/c1-2-3-4-5-6-7-8-9-13-19-24-21-17-14-18-23-22(21)20-15-11-10-12-16-20/h10-12,14-18H,2-9,13,19H2,1H3. The number of pyridine rings is 1. The van der Waals surface area contributed by atoms with E-state index in [9.17, 15) is 0 Å². The lowest BCUT2D eigenvalue weighted by Gasteiger charge is -2.10. The molecule has 24 heavy (non-hydrogen) atoms. The van der Waals surface area contributed by atoms with Crippen molar-refractivity contribution in [2.75, 3.05) is 6.61 Å². The minimum Gasteiger partial charge on any atom is -0.491 e. The molecule has 0 saturated carbocycles. The van der Waals surface area contributed by atoms with Crippen LogP contribution >= 0.6 is 0 Å². The predicted molar refractivity (Wildman–Crippen MR) is 102 cm³/mol. The van der Waals surface area contributed by atoms with Gasteiger partial charge in [-0.15, -0.1) is 0 Å². The van der Waals surface area contributed by atoms with Crippen molar-refractivity contribution in [2.45, 2.75) is 64.7 Å². The second kappa shape index (κ2) is 11.7. The summed E-state index contributed by atoms with van der Waals surface area (Å²) in [6.07, 6.45) is 13.8. The molecule has 0 aliphatic carbocycles. The summed E-state index contributed by atoms with van der Waals surface area (Å²) in [7, 11) is 0. The molecular weight excluding hydrogens is 294 g/mol. The van der Waals surface area contributed by atoms with E-state index in [2.05, 4.69) is 24.0 Å². The number of hydrogen-bond acceptors (Lipinski definition) is 2. The first kappa shape index (κ1) is 18.5. The lowest BCUT2D eigenvalue weighted by Crippen LogP contribution is -2.00. The number of nitrogens with zero attached hydrogens (tertiary/aromatic N) is 1. The predicted octanol–water partition coefficient (Wildman–Crippen LogP) is 6.66. The van der Waals surface area contributed by atoms with Crippen LogP contribution in [0.2, 0.25) is 0 Å². The molecule has 0 N–H and O–H groups in total. The van der Waals surface area contributed by atoms with Crippen LogP contribution in [0, 0.1) is 0 Å². The summed E-state index contributed by atoms with van der Waals surface area (Å²) in [6.45, 7) is 3.05. The van der Waals surface area contributed by atoms with Crippen molar-refractivity contribution in [2.24, 2.45) is 0 Å². The average molecular weight is 325 g/mol. The van der Waals surface area contributed by atoms with Gasteiger partial charge in [-0.05, 0) is 18.6 Å². The van der Waals surface area contributed by atoms with Crippen LogP contribution in [-0.4, -0.2) is 11.6 Å². The molecule has 2 nitrogen and oxygen atoms in total. The summed E-state index contributed by atoms with van der Waals surface area (Å²) in [6, 6.07) is 14.2. The van der Waals surface area contributed by atoms with E-state index in [1.54, 1.807) is 0 Å². The fourth-order valence-corrected chi connectivity index (χ4v) is 2.91. The van der Waals surface area contributed by atoms with Crippen molar-refractivity contribution in [1.82, 2.24) is 4.98 Å². The molecule has 0 bridgehead atoms. The Morgan fingerprint density at radius 1 is 0.750 bits per heavy atom. The smallest absolute Gasteiger partial charge is 0.145 e. The third-order valence-corrected chi connectivity index (χ3v) is 4.32. The van der Waals surface area contributed by atoms with Crippen molar-refractivity contribution in [3.8, 4) is 17.0 Å². The minimum absolute atomic E-state index is 0.779. The summed E-state index contributed by atoms with van der Waals surface area (Å²) in [5.74, 6) is 0.892. The molecule has 2 rings (SSSR count). The Bertz CT molecular complexity index is 553. The van der Waals surface area contributed by atoms with Gasteiger partial charge in [0.2, 0.25) is 0 Å². The molecule has 0 saturated heterocycles. The van der Waals surface area contributed by atoms with Gasteiger partial charge in [0.25, 0.3) is 0 Å². The molecule has 0 atom stereocenters. The topological polar surface area (TPSA) is 22.1 Å². The minimum atomic E-state index is 0.779. The normalized spacial score (nSPS) is 10.7. The molecule has 0 unspecified atom stereocenters. The highest BCUT2D eigenvalue weighted by Crippen LogP contribution is 2.27. The van der Waals surface area contributed by atoms with Crippen LogP contribution < -0.4 is 4.74 Å². The fraction of sp³-hybridized carbons (Fsp3) is 0.500. The first-order valence-corrected chi connectivity index (χ1v) is 9.55. The number of unbranched alkanes of at least 4 members (excludes halogenated alkanes) is 8. The molecule has 0 fully saturated rings. The van der Waals surface area contributed by atoms with Crippen molar-refractivity contribution in [1.29, 1.82) is 0 Å². The van der Waals surface area contributed by atoms with Gasteiger partial charge in [0, 0.05) is 11.8 Å². The molecular formula is C22H31NO. The number of ether oxygens (including phenoxy) is 1. The Balaban J connectivity index is 1.65. The highest BCUT2D eigenvalue weighted by Gasteiger charge is 2.06. The van der Waals surface area contributed by atoms with Crippen LogP contribution in [0.25, 0.3) is 11.3 Å². The van der Waals surface area contributed by atoms with Gasteiger partial charge in [-0.3, -0.25) is 4.98 Å². The van der Waals surface area contributed by atoms with E-state index in [0.717, 1.165) is 30.0 Å². The Kier molecular flexibility index (Phi) is 9.00. The fourth-order valence-electron chi connectivity index (χ4n) is 2.91. The SMILES string of the molecule is CCCCCCCCCCCOc1cccnc1-c1ccccc1. The molecule has 2 heteroatoms. The molecule has 1 heterocycles. The molecule has 0 aliphatic rings. The third-order valence-electron chi connectivity index (χ3n) is 4.32. The van der Waals surface area contributed by atoms with Gasteiger partial charge in [-0.2, -0.15) is 0 Å². The number of hydrogen-bond donors (Lipinski definition) is 0. The van der Waals surface area contributed by atoms with Crippen molar-refractivity contribution >= 4 is 0 Å². The summed E-state index contributed by atoms with van der Waals surface area (Å²) in [4.78, 5) is 4.49. The van der Waals surface area contributed by atoms with Crippen LogP contribution in [0.4, 0.5) is 0 Å². The zero-order valence-electron chi connectivity index (χ0n) is 15.0. The maximum Gasteiger partial charge on any atom is 0.145 e. The van der Waals surface area contributed by atoms with E-state index in [0.29, 0.717) is 0 Å². The second-order valence-corrected chi connectivity index (χ2v) is 6.39. The highest BCUT2D eigenvalue weighted by molar-refractivity contribution is 5.65. The lowest BCUT2D eigenvalue weighted by molar-refractivity contribution is 0.304. The molecule has 0 radical (unpaired) electrons.